The van der Waals surface area contributed by atoms with E-state index in [0.29, 0.717) is 21.9 Å². The van der Waals surface area contributed by atoms with Gasteiger partial charge in [0.1, 0.15) is 5.75 Å². The highest BCUT2D eigenvalue weighted by Gasteiger charge is 2.46. The van der Waals surface area contributed by atoms with Crippen LogP contribution in [0.5, 0.6) is 5.75 Å². The minimum absolute atomic E-state index is 0.0174. The minimum atomic E-state index is -1.19. The van der Waals surface area contributed by atoms with Gasteiger partial charge in [-0.1, -0.05) is 41.9 Å². The van der Waals surface area contributed by atoms with E-state index in [9.17, 15) is 9.59 Å². The molecule has 1 unspecified atom stereocenters. The molecule has 0 aliphatic carbocycles. The number of carbonyl (C=O) groups excluding carboxylic acids is 2. The molecule has 0 bridgehead atoms. The van der Waals surface area contributed by atoms with E-state index in [1.54, 1.807) is 37.3 Å². The van der Waals surface area contributed by atoms with Crippen LogP contribution in [0.15, 0.2) is 60.7 Å². The Balaban J connectivity index is 1.69. The van der Waals surface area contributed by atoms with Gasteiger partial charge in [0.05, 0.1) is 12.0 Å². The summed E-state index contributed by atoms with van der Waals surface area (Å²) in [5.74, 6) is 0.237. The first-order valence-corrected chi connectivity index (χ1v) is 8.40. The monoisotopic (exact) mass is 350 g/mol. The summed E-state index contributed by atoms with van der Waals surface area (Å²) >= 11 is 5.86. The Morgan fingerprint density at radius 2 is 1.76 bits per heavy atom. The third-order valence-corrected chi connectivity index (χ3v) is 4.85. The molecule has 1 heterocycles. The lowest BCUT2D eigenvalue weighted by Crippen LogP contribution is -2.38. The molecule has 0 fully saturated rings. The highest BCUT2D eigenvalue weighted by atomic mass is 35.5. The number of hydrogen-bond donors (Lipinski definition) is 0. The summed E-state index contributed by atoms with van der Waals surface area (Å²) in [6, 6.07) is 18.1. The Labute approximate surface area is 150 Å². The van der Waals surface area contributed by atoms with E-state index < -0.39 is 5.60 Å². The summed E-state index contributed by atoms with van der Waals surface area (Å²) in [6.07, 6.45) is -0.0174. The van der Waals surface area contributed by atoms with E-state index >= 15 is 0 Å². The second-order valence-electron chi connectivity index (χ2n) is 6.43. The fraction of sp³-hybridized carbons (Fsp3) is 0.143. The smallest absolute Gasteiger partial charge is 0.210 e. The molecule has 1 atom stereocenters. The van der Waals surface area contributed by atoms with E-state index in [2.05, 4.69) is 0 Å². The van der Waals surface area contributed by atoms with Crippen molar-refractivity contribution in [2.24, 2.45) is 0 Å². The van der Waals surface area contributed by atoms with Crippen molar-refractivity contribution in [3.63, 3.8) is 0 Å². The molecule has 3 aromatic carbocycles. The number of ketones is 2. The zero-order valence-corrected chi connectivity index (χ0v) is 14.3. The second-order valence-corrected chi connectivity index (χ2v) is 6.87. The third kappa shape index (κ3) is 2.61. The van der Waals surface area contributed by atoms with Crippen LogP contribution in [-0.2, 0) is 0 Å². The highest BCUT2D eigenvalue weighted by molar-refractivity contribution is 6.30. The van der Waals surface area contributed by atoms with Crippen molar-refractivity contribution in [3.8, 4) is 5.75 Å². The van der Waals surface area contributed by atoms with E-state index in [4.69, 9.17) is 16.3 Å². The van der Waals surface area contributed by atoms with Gasteiger partial charge in [0.15, 0.2) is 11.4 Å². The molecule has 0 amide bonds. The quantitative estimate of drug-likeness (QED) is 0.617. The van der Waals surface area contributed by atoms with Crippen LogP contribution in [0.4, 0.5) is 0 Å². The summed E-state index contributed by atoms with van der Waals surface area (Å²) in [7, 11) is 0. The number of carbonyl (C=O) groups is 2. The van der Waals surface area contributed by atoms with Gasteiger partial charge in [0.2, 0.25) is 5.78 Å². The van der Waals surface area contributed by atoms with Crippen molar-refractivity contribution >= 4 is 33.9 Å². The fourth-order valence-electron chi connectivity index (χ4n) is 3.28. The molecular weight excluding hydrogens is 336 g/mol. The van der Waals surface area contributed by atoms with Crippen molar-refractivity contribution in [3.05, 3.63) is 76.8 Å². The molecule has 0 saturated heterocycles. The number of Topliss-reactive ketones (excluding diaryl/α,β-unsaturated/α-hetero) is 2. The number of fused-ring (bicyclic) bond motifs is 3. The van der Waals surface area contributed by atoms with Crippen LogP contribution in [0.1, 0.15) is 34.1 Å². The Bertz CT molecular complexity index is 1010. The predicted octanol–water partition coefficient (Wildman–Crippen LogP) is 5.10. The zero-order valence-electron chi connectivity index (χ0n) is 13.6. The standard InChI is InChI=1S/C21H15ClO3/c1-21(12-17(23)14-6-9-15(22)10-7-14)20(24)19-16-5-3-2-4-13(16)8-11-18(19)25-21/h2-11H,12H2,1H3. The lowest BCUT2D eigenvalue weighted by atomic mass is 9.88. The average Bonchev–Trinajstić information content (AvgIpc) is 2.86. The van der Waals surface area contributed by atoms with Crippen molar-refractivity contribution in [1.82, 2.24) is 0 Å². The summed E-state index contributed by atoms with van der Waals surface area (Å²) in [5, 5.41) is 2.40. The van der Waals surface area contributed by atoms with Gasteiger partial charge in [-0.15, -0.1) is 0 Å². The molecule has 0 saturated carbocycles. The Kier molecular flexibility index (Phi) is 3.62. The normalized spacial score (nSPS) is 18.9. The molecule has 3 aromatic rings. The van der Waals surface area contributed by atoms with E-state index in [0.717, 1.165) is 10.8 Å². The number of halogens is 1. The van der Waals surface area contributed by atoms with Crippen molar-refractivity contribution < 1.29 is 14.3 Å². The highest BCUT2D eigenvalue weighted by Crippen LogP contribution is 2.41. The third-order valence-electron chi connectivity index (χ3n) is 4.60. The van der Waals surface area contributed by atoms with Crippen LogP contribution >= 0.6 is 11.6 Å². The van der Waals surface area contributed by atoms with Gasteiger partial charge in [0, 0.05) is 10.6 Å². The topological polar surface area (TPSA) is 43.4 Å². The summed E-state index contributed by atoms with van der Waals surface area (Å²) < 4.78 is 5.93. The van der Waals surface area contributed by atoms with Crippen LogP contribution in [0, 0.1) is 0 Å². The molecule has 0 spiro atoms. The van der Waals surface area contributed by atoms with Crippen molar-refractivity contribution in [2.75, 3.05) is 0 Å². The number of benzene rings is 3. The van der Waals surface area contributed by atoms with Crippen LogP contribution < -0.4 is 4.74 Å². The van der Waals surface area contributed by atoms with Gasteiger partial charge in [-0.25, -0.2) is 0 Å². The Morgan fingerprint density at radius 3 is 2.52 bits per heavy atom. The first-order chi connectivity index (χ1) is 12.0. The van der Waals surface area contributed by atoms with Gasteiger partial charge >= 0.3 is 0 Å². The molecule has 3 nitrogen and oxygen atoms in total. The molecule has 0 radical (unpaired) electrons. The molecule has 124 valence electrons. The number of ether oxygens (including phenoxy) is 1. The second kappa shape index (κ2) is 5.71. The van der Waals surface area contributed by atoms with Crippen molar-refractivity contribution in [2.45, 2.75) is 18.9 Å². The number of hydrogen-bond acceptors (Lipinski definition) is 3. The van der Waals surface area contributed by atoms with Crippen LogP contribution in [0.25, 0.3) is 10.8 Å². The van der Waals surface area contributed by atoms with Gasteiger partial charge in [-0.3, -0.25) is 9.59 Å². The Hall–Kier alpha value is -2.65. The first-order valence-electron chi connectivity index (χ1n) is 8.02. The molecule has 4 heteroatoms. The molecule has 0 aromatic heterocycles. The maximum Gasteiger partial charge on any atom is 0.210 e. The lowest BCUT2D eigenvalue weighted by Gasteiger charge is -2.21. The van der Waals surface area contributed by atoms with E-state index in [1.165, 1.54) is 0 Å². The van der Waals surface area contributed by atoms with Gasteiger partial charge in [-0.2, -0.15) is 0 Å². The van der Waals surface area contributed by atoms with Gasteiger partial charge < -0.3 is 4.74 Å². The first kappa shape index (κ1) is 15.9. The maximum atomic E-state index is 13.1. The zero-order chi connectivity index (χ0) is 17.6. The van der Waals surface area contributed by atoms with Crippen LogP contribution in [0.2, 0.25) is 5.02 Å². The molecule has 0 N–H and O–H groups in total. The van der Waals surface area contributed by atoms with E-state index in [1.807, 2.05) is 30.3 Å². The summed E-state index contributed by atoms with van der Waals surface area (Å²) in [5.41, 5.74) is -0.115. The molecule has 4 rings (SSSR count). The SMILES string of the molecule is CC1(CC(=O)c2ccc(Cl)cc2)Oc2ccc3ccccc3c2C1=O. The number of rotatable bonds is 3. The summed E-state index contributed by atoms with van der Waals surface area (Å²) in [4.78, 5) is 25.7. The lowest BCUT2D eigenvalue weighted by molar-refractivity contribution is 0.0554. The average molecular weight is 351 g/mol. The van der Waals surface area contributed by atoms with Crippen molar-refractivity contribution in [1.29, 1.82) is 0 Å². The predicted molar refractivity (Wildman–Crippen MR) is 97.7 cm³/mol. The van der Waals surface area contributed by atoms with Gasteiger partial charge in [0.25, 0.3) is 0 Å². The molecule has 1 aliphatic rings. The minimum Gasteiger partial charge on any atom is -0.478 e. The van der Waals surface area contributed by atoms with Crippen LogP contribution in [-0.4, -0.2) is 17.2 Å². The summed E-state index contributed by atoms with van der Waals surface area (Å²) in [6.45, 7) is 1.68. The fourth-order valence-corrected chi connectivity index (χ4v) is 3.41. The van der Waals surface area contributed by atoms with Crippen LogP contribution in [0.3, 0.4) is 0 Å². The molecular formula is C21H15ClO3. The Morgan fingerprint density at radius 1 is 1.04 bits per heavy atom. The molecule has 1 aliphatic heterocycles. The van der Waals surface area contributed by atoms with E-state index in [-0.39, 0.29) is 18.0 Å². The molecule has 25 heavy (non-hydrogen) atoms. The maximum absolute atomic E-state index is 13.1. The largest absolute Gasteiger partial charge is 0.478 e. The van der Waals surface area contributed by atoms with Gasteiger partial charge in [-0.05, 0) is 48.0 Å².